The second-order valence-corrected chi connectivity index (χ2v) is 4.24. The smallest absolute Gasteiger partial charge is 0.175 e. The van der Waals surface area contributed by atoms with Crippen molar-refractivity contribution in [2.24, 2.45) is 10.9 Å². The van der Waals surface area contributed by atoms with Crippen molar-refractivity contribution in [1.29, 1.82) is 0 Å². The van der Waals surface area contributed by atoms with Gasteiger partial charge in [-0.25, -0.2) is 4.39 Å². The molecular formula is C12H16FN3O2. The zero-order valence-corrected chi connectivity index (χ0v) is 10.1. The second-order valence-electron chi connectivity index (χ2n) is 4.24. The maximum atomic E-state index is 13.8. The van der Waals surface area contributed by atoms with Gasteiger partial charge in [-0.15, -0.1) is 0 Å². The molecule has 1 unspecified atom stereocenters. The Morgan fingerprint density at radius 3 is 3.06 bits per heavy atom. The van der Waals surface area contributed by atoms with Gasteiger partial charge in [0.1, 0.15) is 5.82 Å². The van der Waals surface area contributed by atoms with Crippen LogP contribution < -0.4 is 10.6 Å². The predicted molar refractivity (Wildman–Crippen MR) is 66.5 cm³/mol. The van der Waals surface area contributed by atoms with E-state index in [4.69, 9.17) is 15.7 Å². The van der Waals surface area contributed by atoms with Crippen molar-refractivity contribution < 1.29 is 14.3 Å². The van der Waals surface area contributed by atoms with Crippen LogP contribution in [0, 0.1) is 5.82 Å². The minimum atomic E-state index is -0.499. The van der Waals surface area contributed by atoms with E-state index in [9.17, 15) is 4.39 Å². The molecule has 1 atom stereocenters. The molecule has 3 N–H and O–H groups in total. The summed E-state index contributed by atoms with van der Waals surface area (Å²) < 4.78 is 19.2. The molecule has 1 aromatic rings. The Kier molecular flexibility index (Phi) is 3.66. The molecular weight excluding hydrogens is 237 g/mol. The van der Waals surface area contributed by atoms with E-state index in [-0.39, 0.29) is 17.4 Å². The number of ether oxygens (including phenoxy) is 1. The van der Waals surface area contributed by atoms with Gasteiger partial charge in [0.2, 0.25) is 0 Å². The van der Waals surface area contributed by atoms with Gasteiger partial charge >= 0.3 is 0 Å². The highest BCUT2D eigenvalue weighted by atomic mass is 19.1. The summed E-state index contributed by atoms with van der Waals surface area (Å²) in [4.78, 5) is 2.00. The van der Waals surface area contributed by atoms with Crippen LogP contribution in [0.5, 0.6) is 0 Å². The minimum absolute atomic E-state index is 0.116. The number of nitrogens with two attached hydrogens (primary N) is 1. The minimum Gasteiger partial charge on any atom is -0.409 e. The van der Waals surface area contributed by atoms with Crippen LogP contribution in [-0.4, -0.2) is 36.8 Å². The molecule has 0 spiro atoms. The first kappa shape index (κ1) is 12.6. The molecule has 1 fully saturated rings. The number of halogens is 1. The normalized spacial score (nSPS) is 21.1. The Morgan fingerprint density at radius 2 is 2.39 bits per heavy atom. The lowest BCUT2D eigenvalue weighted by atomic mass is 10.1. The van der Waals surface area contributed by atoms with Crippen molar-refractivity contribution in [1.82, 2.24) is 0 Å². The molecule has 1 heterocycles. The summed E-state index contributed by atoms with van der Waals surface area (Å²) in [5.41, 5.74) is 6.31. The average Bonchev–Trinajstić information content (AvgIpc) is 2.38. The Morgan fingerprint density at radius 1 is 1.61 bits per heavy atom. The molecule has 1 aliphatic rings. The molecule has 18 heavy (non-hydrogen) atoms. The van der Waals surface area contributed by atoms with Crippen molar-refractivity contribution >= 4 is 11.5 Å². The molecule has 5 nitrogen and oxygen atoms in total. The molecule has 0 radical (unpaired) electrons. The van der Waals surface area contributed by atoms with E-state index in [0.29, 0.717) is 25.4 Å². The number of amidine groups is 1. The van der Waals surface area contributed by atoms with Gasteiger partial charge in [-0.2, -0.15) is 0 Å². The molecule has 0 bridgehead atoms. The van der Waals surface area contributed by atoms with Gasteiger partial charge < -0.3 is 20.6 Å². The van der Waals surface area contributed by atoms with Crippen molar-refractivity contribution in [2.45, 2.75) is 13.0 Å². The molecule has 0 aromatic heterocycles. The average molecular weight is 253 g/mol. The van der Waals surface area contributed by atoms with Gasteiger partial charge in [0.05, 0.1) is 24.5 Å². The topological polar surface area (TPSA) is 71.1 Å². The van der Waals surface area contributed by atoms with E-state index >= 15 is 0 Å². The third-order valence-electron chi connectivity index (χ3n) is 3.03. The molecule has 0 aliphatic carbocycles. The number of anilines is 1. The molecule has 2 rings (SSSR count). The molecule has 0 amide bonds. The molecule has 1 aromatic carbocycles. The van der Waals surface area contributed by atoms with Crippen LogP contribution in [0.3, 0.4) is 0 Å². The summed E-state index contributed by atoms with van der Waals surface area (Å²) in [6.07, 6.45) is 0. The fourth-order valence-electron chi connectivity index (χ4n) is 2.14. The summed E-state index contributed by atoms with van der Waals surface area (Å²) in [6, 6.07) is 4.78. The second kappa shape index (κ2) is 5.22. The third kappa shape index (κ3) is 2.24. The number of nitrogens with zero attached hydrogens (tertiary/aromatic N) is 2. The largest absolute Gasteiger partial charge is 0.409 e. The fraction of sp³-hybridized carbons (Fsp3) is 0.417. The van der Waals surface area contributed by atoms with Crippen LogP contribution in [-0.2, 0) is 4.74 Å². The van der Waals surface area contributed by atoms with Crippen LogP contribution >= 0.6 is 0 Å². The summed E-state index contributed by atoms with van der Waals surface area (Å²) in [5.74, 6) is -0.719. The van der Waals surface area contributed by atoms with Crippen LogP contribution in [0.4, 0.5) is 10.1 Å². The van der Waals surface area contributed by atoms with Crippen molar-refractivity contribution in [3.05, 3.63) is 29.6 Å². The van der Waals surface area contributed by atoms with E-state index in [1.807, 2.05) is 11.8 Å². The maximum Gasteiger partial charge on any atom is 0.175 e. The highest BCUT2D eigenvalue weighted by molar-refractivity contribution is 6.02. The van der Waals surface area contributed by atoms with E-state index < -0.39 is 5.82 Å². The van der Waals surface area contributed by atoms with E-state index in [1.54, 1.807) is 12.1 Å². The van der Waals surface area contributed by atoms with Gasteiger partial charge in [0, 0.05) is 12.6 Å². The first-order valence-corrected chi connectivity index (χ1v) is 5.76. The summed E-state index contributed by atoms with van der Waals surface area (Å²) >= 11 is 0. The first-order chi connectivity index (χ1) is 8.65. The molecule has 1 aliphatic heterocycles. The summed E-state index contributed by atoms with van der Waals surface area (Å²) in [6.45, 7) is 3.79. The number of rotatable bonds is 2. The number of morpholine rings is 1. The van der Waals surface area contributed by atoms with Gasteiger partial charge in [0.25, 0.3) is 0 Å². The Labute approximate surface area is 105 Å². The monoisotopic (exact) mass is 253 g/mol. The highest BCUT2D eigenvalue weighted by Crippen LogP contribution is 2.26. The van der Waals surface area contributed by atoms with Crippen molar-refractivity contribution in [3.8, 4) is 0 Å². The lowest BCUT2D eigenvalue weighted by Crippen LogP contribution is -2.44. The van der Waals surface area contributed by atoms with E-state index in [1.165, 1.54) is 6.07 Å². The Balaban J connectivity index is 2.46. The standard InChI is InChI=1S/C12H16FN3O2/c1-8-7-18-6-5-16(8)10-4-2-3-9(13)11(10)12(14)15-17/h2-4,8,17H,5-7H2,1H3,(H2,14,15). The third-order valence-corrected chi connectivity index (χ3v) is 3.03. The van der Waals surface area contributed by atoms with Crippen LogP contribution in [0.1, 0.15) is 12.5 Å². The number of benzene rings is 1. The zero-order valence-electron chi connectivity index (χ0n) is 10.1. The molecule has 1 saturated heterocycles. The van der Waals surface area contributed by atoms with Gasteiger partial charge in [-0.1, -0.05) is 11.2 Å². The molecule has 6 heteroatoms. The van der Waals surface area contributed by atoms with Crippen LogP contribution in [0.25, 0.3) is 0 Å². The van der Waals surface area contributed by atoms with E-state index in [0.717, 1.165) is 0 Å². The highest BCUT2D eigenvalue weighted by Gasteiger charge is 2.24. The predicted octanol–water partition coefficient (Wildman–Crippen LogP) is 1.15. The Bertz CT molecular complexity index is 465. The van der Waals surface area contributed by atoms with Crippen LogP contribution in [0.2, 0.25) is 0 Å². The lowest BCUT2D eigenvalue weighted by Gasteiger charge is -2.36. The molecule has 98 valence electrons. The Hall–Kier alpha value is -1.82. The number of hydrogen-bond donors (Lipinski definition) is 2. The fourth-order valence-corrected chi connectivity index (χ4v) is 2.14. The lowest BCUT2D eigenvalue weighted by molar-refractivity contribution is 0.0989. The quantitative estimate of drug-likeness (QED) is 0.359. The van der Waals surface area contributed by atoms with Gasteiger partial charge in [-0.3, -0.25) is 0 Å². The SMILES string of the molecule is CC1COCCN1c1cccc(F)c1C(N)=NO. The number of hydrogen-bond acceptors (Lipinski definition) is 4. The van der Waals surface area contributed by atoms with Gasteiger partial charge in [-0.05, 0) is 19.1 Å². The maximum absolute atomic E-state index is 13.8. The van der Waals surface area contributed by atoms with Crippen LogP contribution in [0.15, 0.2) is 23.4 Å². The van der Waals surface area contributed by atoms with Crippen molar-refractivity contribution in [3.63, 3.8) is 0 Å². The number of oxime groups is 1. The van der Waals surface area contributed by atoms with Crippen molar-refractivity contribution in [2.75, 3.05) is 24.7 Å². The van der Waals surface area contributed by atoms with Gasteiger partial charge in [0.15, 0.2) is 5.84 Å². The van der Waals surface area contributed by atoms with E-state index in [2.05, 4.69) is 5.16 Å². The zero-order chi connectivity index (χ0) is 13.1. The first-order valence-electron chi connectivity index (χ1n) is 5.76. The molecule has 0 saturated carbocycles. The summed E-state index contributed by atoms with van der Waals surface area (Å²) in [7, 11) is 0. The summed E-state index contributed by atoms with van der Waals surface area (Å²) in [5, 5.41) is 11.7.